The van der Waals surface area contributed by atoms with Crippen molar-refractivity contribution in [1.29, 1.82) is 0 Å². The monoisotopic (exact) mass is 630 g/mol. The number of primary sulfonamides is 1. The number of carbonyl (C=O) groups is 3. The molecule has 1 aliphatic heterocycles. The molecule has 1 aliphatic carbocycles. The zero-order chi connectivity index (χ0) is 31.0. The smallest absolute Gasteiger partial charge is 0.257 e. The summed E-state index contributed by atoms with van der Waals surface area (Å²) in [5.74, 6) is -1.03. The van der Waals surface area contributed by atoms with Gasteiger partial charge >= 0.3 is 0 Å². The van der Waals surface area contributed by atoms with Gasteiger partial charge in [0.15, 0.2) is 0 Å². The first-order valence-electron chi connectivity index (χ1n) is 14.8. The molecule has 0 bridgehead atoms. The van der Waals surface area contributed by atoms with E-state index in [0.29, 0.717) is 12.1 Å². The number of hydrogen-bond donors (Lipinski definition) is 1. The van der Waals surface area contributed by atoms with Crippen LogP contribution in [0.1, 0.15) is 49.7 Å². The molecule has 11 heteroatoms. The molecule has 1 aromatic heterocycles. The summed E-state index contributed by atoms with van der Waals surface area (Å²) in [5, 5.41) is 6.08. The van der Waals surface area contributed by atoms with Gasteiger partial charge in [-0.3, -0.25) is 14.4 Å². The molecule has 0 spiro atoms. The van der Waals surface area contributed by atoms with E-state index < -0.39 is 22.0 Å². The van der Waals surface area contributed by atoms with Crippen LogP contribution in [-0.2, 0) is 30.8 Å². The lowest BCUT2D eigenvalue weighted by atomic mass is 9.87. The van der Waals surface area contributed by atoms with Crippen molar-refractivity contribution in [3.63, 3.8) is 0 Å². The number of imide groups is 1. The van der Waals surface area contributed by atoms with Crippen molar-refractivity contribution in [2.24, 2.45) is 11.1 Å². The lowest BCUT2D eigenvalue weighted by Crippen LogP contribution is -2.48. The third-order valence-corrected chi connectivity index (χ3v) is 10.5. The molecule has 1 unspecified atom stereocenters. The van der Waals surface area contributed by atoms with Gasteiger partial charge < -0.3 is 4.90 Å². The number of anilines is 1. The number of nitrogens with two attached hydrogens (primary N) is 1. The summed E-state index contributed by atoms with van der Waals surface area (Å²) >= 11 is 1.59. The summed E-state index contributed by atoms with van der Waals surface area (Å²) in [5.41, 5.74) is 4.25. The van der Waals surface area contributed by atoms with E-state index in [0.717, 1.165) is 58.5 Å². The second-order valence-electron chi connectivity index (χ2n) is 11.6. The Bertz CT molecular complexity index is 1830. The fourth-order valence-electron chi connectivity index (χ4n) is 6.14. The summed E-state index contributed by atoms with van der Waals surface area (Å²) in [6.07, 6.45) is 4.86. The molecular formula is C33H34N4O5S2. The van der Waals surface area contributed by atoms with E-state index in [1.54, 1.807) is 40.5 Å². The van der Waals surface area contributed by atoms with Crippen molar-refractivity contribution >= 4 is 55.0 Å². The highest BCUT2D eigenvalue weighted by atomic mass is 32.2. The standard InChI is InChI=1S/C33H34N4O5S2/c1-21-7-16-27-29(19-21)43-31(35-27)23-10-12-25(13-11-23)37-30(38)20-28(33(37)40)36(32(39)24-5-3-2-4-6-24)18-17-22-8-14-26(15-9-22)44(34,41)42/h7-16,19,24,28H,2-6,17-18,20H2,1H3,(H2,34,41,42). The van der Waals surface area contributed by atoms with Gasteiger partial charge in [0.25, 0.3) is 5.91 Å². The third-order valence-electron chi connectivity index (χ3n) is 8.55. The number of carbonyl (C=O) groups excluding carboxylic acids is 3. The number of amides is 3. The second-order valence-corrected chi connectivity index (χ2v) is 14.2. The molecule has 6 rings (SSSR count). The molecule has 3 aromatic carbocycles. The van der Waals surface area contributed by atoms with Crippen LogP contribution in [0.4, 0.5) is 5.69 Å². The molecular weight excluding hydrogens is 597 g/mol. The van der Waals surface area contributed by atoms with Crippen molar-refractivity contribution in [3.05, 3.63) is 77.9 Å². The quantitative estimate of drug-likeness (QED) is 0.266. The maximum atomic E-state index is 13.8. The molecule has 2 aliphatic rings. The number of rotatable bonds is 8. The number of thiazole rings is 1. The molecule has 9 nitrogen and oxygen atoms in total. The molecule has 1 saturated carbocycles. The maximum absolute atomic E-state index is 13.8. The first-order valence-corrected chi connectivity index (χ1v) is 17.2. The minimum Gasteiger partial charge on any atom is -0.330 e. The van der Waals surface area contributed by atoms with Gasteiger partial charge in [-0.05, 0) is 85.8 Å². The van der Waals surface area contributed by atoms with Gasteiger partial charge in [-0.2, -0.15) is 0 Å². The fraction of sp³-hybridized carbons (Fsp3) is 0.333. The third kappa shape index (κ3) is 6.17. The Morgan fingerprint density at radius 1 is 1.00 bits per heavy atom. The van der Waals surface area contributed by atoms with E-state index in [-0.39, 0.29) is 35.6 Å². The number of sulfonamides is 1. The lowest BCUT2D eigenvalue weighted by molar-refractivity contribution is -0.142. The van der Waals surface area contributed by atoms with Crippen molar-refractivity contribution in [2.45, 2.75) is 62.8 Å². The van der Waals surface area contributed by atoms with Crippen LogP contribution in [0.5, 0.6) is 0 Å². The van der Waals surface area contributed by atoms with Crippen molar-refractivity contribution < 1.29 is 22.8 Å². The van der Waals surface area contributed by atoms with E-state index in [1.165, 1.54) is 22.6 Å². The first kappa shape index (κ1) is 30.1. The lowest BCUT2D eigenvalue weighted by Gasteiger charge is -2.32. The van der Waals surface area contributed by atoms with E-state index in [1.807, 2.05) is 31.2 Å². The normalized spacial score (nSPS) is 17.9. The minimum atomic E-state index is -3.82. The van der Waals surface area contributed by atoms with Gasteiger partial charge in [0.1, 0.15) is 11.0 Å². The molecule has 44 heavy (non-hydrogen) atoms. The molecule has 2 N–H and O–H groups in total. The van der Waals surface area contributed by atoms with Gasteiger partial charge in [-0.1, -0.05) is 37.5 Å². The van der Waals surface area contributed by atoms with Crippen LogP contribution in [0.2, 0.25) is 0 Å². The van der Waals surface area contributed by atoms with Crippen LogP contribution >= 0.6 is 11.3 Å². The summed E-state index contributed by atoms with van der Waals surface area (Å²) < 4.78 is 24.4. The van der Waals surface area contributed by atoms with Crippen molar-refractivity contribution in [2.75, 3.05) is 11.4 Å². The van der Waals surface area contributed by atoms with Crippen LogP contribution in [-0.4, -0.2) is 48.6 Å². The van der Waals surface area contributed by atoms with Gasteiger partial charge in [-0.25, -0.2) is 23.4 Å². The highest BCUT2D eigenvalue weighted by molar-refractivity contribution is 7.89. The Morgan fingerprint density at radius 3 is 2.39 bits per heavy atom. The Labute approximate surface area is 260 Å². The summed E-state index contributed by atoms with van der Waals surface area (Å²) in [6.45, 7) is 2.28. The highest BCUT2D eigenvalue weighted by Crippen LogP contribution is 2.34. The minimum absolute atomic E-state index is 0.00727. The summed E-state index contributed by atoms with van der Waals surface area (Å²) in [6, 6.07) is 18.7. The SMILES string of the molecule is Cc1ccc2nc(-c3ccc(N4C(=O)CC(N(CCc5ccc(S(N)(=O)=O)cc5)C(=O)C5CCCCC5)C4=O)cc3)sc2c1. The molecule has 2 fully saturated rings. The van der Waals surface area contributed by atoms with Gasteiger partial charge in [-0.15, -0.1) is 11.3 Å². The van der Waals surface area contributed by atoms with Crippen LogP contribution < -0.4 is 10.0 Å². The van der Waals surface area contributed by atoms with Crippen LogP contribution in [0.25, 0.3) is 20.8 Å². The first-order chi connectivity index (χ1) is 21.1. The van der Waals surface area contributed by atoms with E-state index in [2.05, 4.69) is 6.07 Å². The summed E-state index contributed by atoms with van der Waals surface area (Å²) in [7, 11) is -3.82. The Balaban J connectivity index is 1.22. The van der Waals surface area contributed by atoms with Crippen molar-refractivity contribution in [3.8, 4) is 10.6 Å². The average molecular weight is 631 g/mol. The number of benzene rings is 3. The summed E-state index contributed by atoms with van der Waals surface area (Å²) in [4.78, 5) is 48.5. The Kier molecular flexibility index (Phi) is 8.36. The van der Waals surface area contributed by atoms with E-state index in [9.17, 15) is 22.8 Å². The van der Waals surface area contributed by atoms with E-state index >= 15 is 0 Å². The maximum Gasteiger partial charge on any atom is 0.257 e. The highest BCUT2D eigenvalue weighted by Gasteiger charge is 2.45. The molecule has 3 amide bonds. The largest absolute Gasteiger partial charge is 0.330 e. The second kappa shape index (κ2) is 12.2. The predicted molar refractivity (Wildman–Crippen MR) is 170 cm³/mol. The van der Waals surface area contributed by atoms with E-state index in [4.69, 9.17) is 10.1 Å². The number of aryl methyl sites for hydroxylation is 1. The number of hydrogen-bond acceptors (Lipinski definition) is 7. The predicted octanol–water partition coefficient (Wildman–Crippen LogP) is 5.20. The Hall–Kier alpha value is -3.93. The topological polar surface area (TPSA) is 131 Å². The molecule has 4 aromatic rings. The van der Waals surface area contributed by atoms with Crippen LogP contribution in [0, 0.1) is 12.8 Å². The average Bonchev–Trinajstić information content (AvgIpc) is 3.57. The number of fused-ring (bicyclic) bond motifs is 1. The molecule has 2 heterocycles. The molecule has 0 radical (unpaired) electrons. The molecule has 1 saturated heterocycles. The van der Waals surface area contributed by atoms with Gasteiger partial charge in [0.2, 0.25) is 21.8 Å². The van der Waals surface area contributed by atoms with Crippen molar-refractivity contribution in [1.82, 2.24) is 9.88 Å². The van der Waals surface area contributed by atoms with Gasteiger partial charge in [0, 0.05) is 18.0 Å². The molecule has 228 valence electrons. The van der Waals surface area contributed by atoms with Crippen LogP contribution in [0.3, 0.4) is 0 Å². The van der Waals surface area contributed by atoms with Crippen LogP contribution in [0.15, 0.2) is 71.6 Å². The fourth-order valence-corrected chi connectivity index (χ4v) is 7.72. The number of nitrogens with zero attached hydrogens (tertiary/aromatic N) is 3. The molecule has 1 atom stereocenters. The Morgan fingerprint density at radius 2 is 1.70 bits per heavy atom. The zero-order valence-corrected chi connectivity index (χ0v) is 26.1. The number of aromatic nitrogens is 1. The zero-order valence-electron chi connectivity index (χ0n) is 24.4. The van der Waals surface area contributed by atoms with Gasteiger partial charge in [0.05, 0.1) is 27.2 Å².